The summed E-state index contributed by atoms with van der Waals surface area (Å²) >= 11 is 0. The average Bonchev–Trinajstić information content (AvgIpc) is 3.42. The van der Waals surface area contributed by atoms with Crippen LogP contribution in [0.1, 0.15) is 22.3 Å². The van der Waals surface area contributed by atoms with Crippen LogP contribution in [0.4, 0.5) is 0 Å². The van der Waals surface area contributed by atoms with Crippen LogP contribution < -0.4 is 0 Å². The normalized spacial score (nSPS) is 37.0. The van der Waals surface area contributed by atoms with E-state index in [0.29, 0.717) is 11.1 Å². The lowest BCUT2D eigenvalue weighted by molar-refractivity contribution is -0.389. The highest BCUT2D eigenvalue weighted by atomic mass is 16.8. The van der Waals surface area contributed by atoms with E-state index in [2.05, 4.69) is 0 Å². The second kappa shape index (κ2) is 26.7. The largest absolute Gasteiger partial charge is 0.394 e. The summed E-state index contributed by atoms with van der Waals surface area (Å²) in [6.45, 7) is -2.82. The predicted octanol–water partition coefficient (Wildman–Crippen LogP) is -0.851. The van der Waals surface area contributed by atoms with Gasteiger partial charge in [-0.3, -0.25) is 0 Å². The molecule has 21 heteroatoms. The number of rotatable bonds is 22. The molecule has 4 heterocycles. The Morgan fingerprint density at radius 1 is 0.315 bits per heavy atom. The highest BCUT2D eigenvalue weighted by Crippen LogP contribution is 2.36. The van der Waals surface area contributed by atoms with E-state index in [1.165, 1.54) is 0 Å². The number of ether oxygens (including phenoxy) is 11. The van der Waals surface area contributed by atoms with Gasteiger partial charge in [0.15, 0.2) is 25.2 Å². The third kappa shape index (κ3) is 13.7. The second-order valence-corrected chi connectivity index (χ2v) is 18.3. The van der Waals surface area contributed by atoms with Crippen molar-refractivity contribution >= 4 is 0 Å². The first-order valence-electron chi connectivity index (χ1n) is 24.2. The Hall–Kier alpha value is -3.96. The molecule has 0 saturated carbocycles. The van der Waals surface area contributed by atoms with Crippen LogP contribution in [-0.2, 0) is 78.5 Å². The minimum atomic E-state index is -1.95. The summed E-state index contributed by atoms with van der Waals surface area (Å²) in [5, 5.41) is 112. The van der Waals surface area contributed by atoms with Crippen molar-refractivity contribution in [3.8, 4) is 0 Å². The van der Waals surface area contributed by atoms with Crippen LogP contribution in [0.5, 0.6) is 0 Å². The Labute approximate surface area is 421 Å². The molecule has 8 rings (SSSR count). The SMILES string of the molecule is OCC1O[C@@H](OCC2O[C@@H](O[C@@H]3C(O)[C@H](O)OC(CO)[C@H]3OCc3ccccc3)C(O)[C@@H](O[C@@H]3OC(CO)[C@@H](OCc4ccccc4)[C@H](O)C3O)[C@@H]2OCc2ccccc2)C(O)[C@@H](O)[C@@H]1OCc1ccccc1. The molecule has 0 bridgehead atoms. The van der Waals surface area contributed by atoms with Crippen molar-refractivity contribution in [1.82, 2.24) is 0 Å². The lowest BCUT2D eigenvalue weighted by atomic mass is 9.95. The van der Waals surface area contributed by atoms with Crippen molar-refractivity contribution in [2.45, 2.75) is 149 Å². The van der Waals surface area contributed by atoms with Crippen molar-refractivity contribution in [2.24, 2.45) is 0 Å². The molecule has 73 heavy (non-hydrogen) atoms. The van der Waals surface area contributed by atoms with Gasteiger partial charge in [0, 0.05) is 0 Å². The van der Waals surface area contributed by atoms with Gasteiger partial charge >= 0.3 is 0 Å². The Morgan fingerprint density at radius 2 is 0.644 bits per heavy atom. The van der Waals surface area contributed by atoms with Gasteiger partial charge in [-0.1, -0.05) is 121 Å². The topological polar surface area (TPSA) is 304 Å². The Morgan fingerprint density at radius 3 is 1.07 bits per heavy atom. The van der Waals surface area contributed by atoms with Gasteiger partial charge in [0.1, 0.15) is 97.7 Å². The van der Waals surface area contributed by atoms with Gasteiger partial charge in [-0.15, -0.1) is 0 Å². The van der Waals surface area contributed by atoms with Crippen molar-refractivity contribution in [3.63, 3.8) is 0 Å². The molecule has 21 nitrogen and oxygen atoms in total. The molecule has 20 atom stereocenters. The van der Waals surface area contributed by atoms with E-state index < -0.39 is 149 Å². The standard InChI is InChI=1S/C52H66O21/c53-21-33-43(63-24-29-13-5-1-6-14-29)37(56)39(58)50(69-33)67-28-36-46(66-27-32-19-11-4-12-20-32)48(73-51-40(59)38(57)44(34(22-54)70-51)64-25-30-15-7-2-8-16-30)42(61)52(71-36)72-47-41(60)49(62)68-35(23-55)45(47)65-26-31-17-9-3-10-18-31/h1-20,33-62H,21-28H2/t33?,34?,35?,36?,37-,38-,39?,40?,41?,42?,43-,44-,45-,46-,47-,48-,49-,50-,51+,52+/m1/s1. The van der Waals surface area contributed by atoms with Gasteiger partial charge in [0.2, 0.25) is 0 Å². The molecule has 0 amide bonds. The fraction of sp³-hybridized carbons (Fsp3) is 0.538. The molecule has 0 aromatic heterocycles. The first kappa shape index (κ1) is 55.3. The molecule has 0 radical (unpaired) electrons. The highest BCUT2D eigenvalue weighted by molar-refractivity contribution is 5.16. The van der Waals surface area contributed by atoms with Crippen LogP contribution in [0.25, 0.3) is 0 Å². The third-order valence-electron chi connectivity index (χ3n) is 13.2. The Bertz CT molecular complexity index is 2180. The molecule has 0 spiro atoms. The number of aliphatic hydroxyl groups excluding tert-OH is 10. The summed E-state index contributed by atoms with van der Waals surface area (Å²) < 4.78 is 67.5. The van der Waals surface area contributed by atoms with Gasteiger partial charge < -0.3 is 103 Å². The number of hydrogen-bond donors (Lipinski definition) is 10. The van der Waals surface area contributed by atoms with Crippen LogP contribution in [0.2, 0.25) is 0 Å². The summed E-state index contributed by atoms with van der Waals surface area (Å²) in [7, 11) is 0. The summed E-state index contributed by atoms with van der Waals surface area (Å²) in [5.41, 5.74) is 2.87. The minimum Gasteiger partial charge on any atom is -0.394 e. The smallest absolute Gasteiger partial charge is 0.187 e. The molecular formula is C52H66O21. The van der Waals surface area contributed by atoms with Gasteiger partial charge in [0.05, 0.1) is 52.9 Å². The predicted molar refractivity (Wildman–Crippen MR) is 250 cm³/mol. The third-order valence-corrected chi connectivity index (χ3v) is 13.2. The summed E-state index contributed by atoms with van der Waals surface area (Å²) in [6.07, 6.45) is -31.6. The van der Waals surface area contributed by atoms with Crippen molar-refractivity contribution in [3.05, 3.63) is 144 Å². The highest BCUT2D eigenvalue weighted by Gasteiger charge is 2.56. The van der Waals surface area contributed by atoms with Gasteiger partial charge in [0.25, 0.3) is 0 Å². The maximum Gasteiger partial charge on any atom is 0.187 e. The van der Waals surface area contributed by atoms with Crippen molar-refractivity contribution < 1.29 is 103 Å². The molecule has 10 N–H and O–H groups in total. The van der Waals surface area contributed by atoms with Gasteiger partial charge in [-0.2, -0.15) is 0 Å². The number of aliphatic hydroxyl groups is 10. The average molecular weight is 1030 g/mol. The van der Waals surface area contributed by atoms with E-state index in [4.69, 9.17) is 52.1 Å². The molecule has 8 unspecified atom stereocenters. The van der Waals surface area contributed by atoms with Crippen LogP contribution >= 0.6 is 0 Å². The second-order valence-electron chi connectivity index (χ2n) is 18.3. The van der Waals surface area contributed by atoms with Gasteiger partial charge in [-0.05, 0) is 22.3 Å². The quantitative estimate of drug-likeness (QED) is 0.0459. The maximum absolute atomic E-state index is 12.4. The molecule has 4 aliphatic heterocycles. The molecule has 4 fully saturated rings. The van der Waals surface area contributed by atoms with E-state index in [0.717, 1.165) is 11.1 Å². The molecule has 4 aromatic rings. The van der Waals surface area contributed by atoms with Gasteiger partial charge in [-0.25, -0.2) is 0 Å². The van der Waals surface area contributed by atoms with Crippen molar-refractivity contribution in [1.29, 1.82) is 0 Å². The number of hydrogen-bond acceptors (Lipinski definition) is 21. The molecule has 400 valence electrons. The Balaban J connectivity index is 1.09. The lowest BCUT2D eigenvalue weighted by Gasteiger charge is -2.50. The molecular weight excluding hydrogens is 961 g/mol. The first-order valence-corrected chi connectivity index (χ1v) is 24.2. The summed E-state index contributed by atoms with van der Waals surface area (Å²) in [4.78, 5) is 0. The number of benzene rings is 4. The molecule has 0 aliphatic carbocycles. The monoisotopic (exact) mass is 1030 g/mol. The van der Waals surface area contributed by atoms with E-state index >= 15 is 0 Å². The van der Waals surface area contributed by atoms with Crippen LogP contribution in [0.15, 0.2) is 121 Å². The van der Waals surface area contributed by atoms with Crippen LogP contribution in [0.3, 0.4) is 0 Å². The van der Waals surface area contributed by atoms with E-state index in [9.17, 15) is 51.1 Å². The van der Waals surface area contributed by atoms with Crippen LogP contribution in [0, 0.1) is 0 Å². The van der Waals surface area contributed by atoms with E-state index in [-0.39, 0.29) is 26.4 Å². The van der Waals surface area contributed by atoms with E-state index in [1.54, 1.807) is 109 Å². The summed E-state index contributed by atoms with van der Waals surface area (Å²) in [6, 6.07) is 35.8. The zero-order chi connectivity index (χ0) is 51.4. The summed E-state index contributed by atoms with van der Waals surface area (Å²) in [5.74, 6) is 0. The first-order chi connectivity index (χ1) is 35.5. The molecule has 4 aromatic carbocycles. The zero-order valence-electron chi connectivity index (χ0n) is 39.7. The molecule has 4 saturated heterocycles. The van der Waals surface area contributed by atoms with E-state index in [1.807, 2.05) is 12.1 Å². The van der Waals surface area contributed by atoms with Crippen molar-refractivity contribution in [2.75, 3.05) is 26.4 Å². The fourth-order valence-electron chi connectivity index (χ4n) is 9.24. The minimum absolute atomic E-state index is 0.00769. The molecule has 4 aliphatic rings. The lowest BCUT2D eigenvalue weighted by Crippen LogP contribution is -2.67. The fourth-order valence-corrected chi connectivity index (χ4v) is 9.24. The Kier molecular flexibility index (Phi) is 20.2. The zero-order valence-corrected chi connectivity index (χ0v) is 39.7. The maximum atomic E-state index is 12.4. The van der Waals surface area contributed by atoms with Crippen LogP contribution in [-0.4, -0.2) is 200 Å².